The minimum absolute atomic E-state index is 0.178. The zero-order chi connectivity index (χ0) is 21.5. The van der Waals surface area contributed by atoms with E-state index in [4.69, 9.17) is 9.94 Å². The molecule has 0 saturated heterocycles. The van der Waals surface area contributed by atoms with E-state index >= 15 is 0 Å². The molecule has 2 aromatic carbocycles. The number of rotatable bonds is 9. The van der Waals surface area contributed by atoms with E-state index in [0.717, 1.165) is 22.4 Å². The van der Waals surface area contributed by atoms with Crippen LogP contribution in [0.4, 0.5) is 4.39 Å². The summed E-state index contributed by atoms with van der Waals surface area (Å²) < 4.78 is 18.4. The van der Waals surface area contributed by atoms with Crippen LogP contribution in [0.5, 0.6) is 5.75 Å². The molecule has 2 aromatic rings. The summed E-state index contributed by atoms with van der Waals surface area (Å²) in [5, 5.41) is 21.9. The van der Waals surface area contributed by atoms with Crippen LogP contribution in [-0.4, -0.2) is 47.7 Å². The fourth-order valence-electron chi connectivity index (χ4n) is 2.81. The number of methoxy groups -OCH3 is 1. The molecule has 0 bridgehead atoms. The van der Waals surface area contributed by atoms with Gasteiger partial charge in [0.2, 0.25) is 0 Å². The van der Waals surface area contributed by atoms with Crippen molar-refractivity contribution >= 4 is 12.0 Å². The lowest BCUT2D eigenvalue weighted by Crippen LogP contribution is -2.68. The Labute approximate surface area is 170 Å². The number of halogens is 1. The zero-order valence-corrected chi connectivity index (χ0v) is 16.8. The van der Waals surface area contributed by atoms with Gasteiger partial charge in [-0.2, -0.15) is 0 Å². The molecule has 2 unspecified atom stereocenters. The largest absolute Gasteiger partial charge is 0.497 e. The summed E-state index contributed by atoms with van der Waals surface area (Å²) in [5.41, 5.74) is 0.791. The van der Waals surface area contributed by atoms with E-state index in [1.165, 1.54) is 19.3 Å². The number of amides is 1. The van der Waals surface area contributed by atoms with E-state index in [2.05, 4.69) is 5.32 Å². The Kier molecular flexibility index (Phi) is 7.50. The van der Waals surface area contributed by atoms with Gasteiger partial charge in [0.25, 0.3) is 5.91 Å². The highest BCUT2D eigenvalue weighted by molar-refractivity contribution is 5.86. The van der Waals surface area contributed by atoms with Gasteiger partial charge in [-0.25, -0.2) is 9.87 Å². The molecule has 0 fully saturated rings. The van der Waals surface area contributed by atoms with Crippen LogP contribution in [0.3, 0.4) is 0 Å². The number of aliphatic hydroxyl groups is 1. The van der Waals surface area contributed by atoms with E-state index in [0.29, 0.717) is 0 Å². The van der Waals surface area contributed by atoms with Crippen molar-refractivity contribution in [3.63, 3.8) is 0 Å². The lowest BCUT2D eigenvalue weighted by Gasteiger charge is -2.39. The molecule has 2 rings (SSSR count). The first-order valence-electron chi connectivity index (χ1n) is 9.16. The van der Waals surface area contributed by atoms with Crippen molar-refractivity contribution in [2.24, 2.45) is 0 Å². The van der Waals surface area contributed by atoms with Gasteiger partial charge >= 0.3 is 0 Å². The predicted molar refractivity (Wildman–Crippen MR) is 110 cm³/mol. The number of nitrogens with one attached hydrogen (secondary N) is 2. The van der Waals surface area contributed by atoms with Crippen molar-refractivity contribution in [2.45, 2.75) is 25.0 Å². The average Bonchev–Trinajstić information content (AvgIpc) is 2.76. The summed E-state index contributed by atoms with van der Waals surface area (Å²) in [4.78, 5) is 11.9. The number of carbonyl (C=O) groups excluding carboxylic acids is 1. The number of benzene rings is 2. The van der Waals surface area contributed by atoms with Gasteiger partial charge in [-0.1, -0.05) is 48.6 Å². The van der Waals surface area contributed by atoms with Gasteiger partial charge in [0.1, 0.15) is 23.6 Å². The molecule has 1 amide bonds. The molecule has 0 saturated carbocycles. The van der Waals surface area contributed by atoms with Crippen LogP contribution < -0.4 is 15.5 Å². The number of hydrogen-bond acceptors (Lipinski definition) is 5. The quantitative estimate of drug-likeness (QED) is 0.382. The van der Waals surface area contributed by atoms with Crippen LogP contribution in [0.2, 0.25) is 0 Å². The number of alkyl halides is 1. The number of carbonyl (C=O) groups is 1. The highest BCUT2D eigenvalue weighted by Crippen LogP contribution is 2.25. The Morgan fingerprint density at radius 1 is 1.17 bits per heavy atom. The highest BCUT2D eigenvalue weighted by Gasteiger charge is 2.49. The van der Waals surface area contributed by atoms with Crippen LogP contribution in [0.1, 0.15) is 19.4 Å². The molecule has 7 heteroatoms. The van der Waals surface area contributed by atoms with Crippen molar-refractivity contribution in [3.8, 4) is 16.9 Å². The molecule has 0 radical (unpaired) electrons. The minimum atomic E-state index is -1.99. The zero-order valence-electron chi connectivity index (χ0n) is 16.8. The minimum Gasteiger partial charge on any atom is -0.497 e. The summed E-state index contributed by atoms with van der Waals surface area (Å²) in [6.45, 7) is 1.54. The Morgan fingerprint density at radius 3 is 2.45 bits per heavy atom. The third kappa shape index (κ3) is 5.20. The number of hydroxylamine groups is 1. The first-order valence-corrected chi connectivity index (χ1v) is 9.16. The third-order valence-corrected chi connectivity index (χ3v) is 5.09. The van der Waals surface area contributed by atoms with E-state index in [9.17, 15) is 14.3 Å². The summed E-state index contributed by atoms with van der Waals surface area (Å²) in [5.74, 6) is -0.132. The van der Waals surface area contributed by atoms with E-state index < -0.39 is 23.7 Å². The van der Waals surface area contributed by atoms with Crippen molar-refractivity contribution in [1.29, 1.82) is 0 Å². The molecule has 4 N–H and O–H groups in total. The van der Waals surface area contributed by atoms with Gasteiger partial charge in [0, 0.05) is 6.54 Å². The Hall–Kier alpha value is -2.74. The Bertz CT molecular complexity index is 852. The first-order chi connectivity index (χ1) is 13.8. The van der Waals surface area contributed by atoms with Crippen molar-refractivity contribution in [1.82, 2.24) is 10.8 Å². The van der Waals surface area contributed by atoms with Crippen LogP contribution in [0, 0.1) is 0 Å². The second-order valence-corrected chi connectivity index (χ2v) is 7.11. The summed E-state index contributed by atoms with van der Waals surface area (Å²) >= 11 is 0. The fraction of sp³-hybridized carbons (Fsp3) is 0.318. The van der Waals surface area contributed by atoms with Gasteiger partial charge in [0.05, 0.1) is 7.11 Å². The van der Waals surface area contributed by atoms with E-state index in [-0.39, 0.29) is 6.54 Å². The standard InChI is InChI=1S/C22H27FN2O4/c1-21(27,15-23)22(2,20(26)25-28)24-13-5-6-16-9-11-17(12-10-16)18-7-4-8-19(14-18)29-3/h4-12,14,24,27-28H,13,15H2,1-3H3,(H,25,26). The summed E-state index contributed by atoms with van der Waals surface area (Å²) in [7, 11) is 1.63. The number of ether oxygens (including phenoxy) is 1. The van der Waals surface area contributed by atoms with E-state index in [1.54, 1.807) is 13.2 Å². The summed E-state index contributed by atoms with van der Waals surface area (Å²) in [6, 6.07) is 15.6. The Morgan fingerprint density at radius 2 is 1.86 bits per heavy atom. The second kappa shape index (κ2) is 9.65. The molecular weight excluding hydrogens is 375 g/mol. The number of hydrogen-bond donors (Lipinski definition) is 4. The summed E-state index contributed by atoms with van der Waals surface area (Å²) in [6.07, 6.45) is 3.58. The molecule has 0 aliphatic heterocycles. The molecule has 0 aromatic heterocycles. The topological polar surface area (TPSA) is 90.8 Å². The van der Waals surface area contributed by atoms with Crippen LogP contribution >= 0.6 is 0 Å². The molecule has 6 nitrogen and oxygen atoms in total. The SMILES string of the molecule is COc1cccc(-c2ccc(C=CCNC(C)(C(=O)NO)C(C)(O)CF)cc2)c1. The first kappa shape index (κ1) is 22.5. The highest BCUT2D eigenvalue weighted by atomic mass is 19.1. The molecule has 0 heterocycles. The van der Waals surface area contributed by atoms with Gasteiger partial charge in [0.15, 0.2) is 0 Å². The Balaban J connectivity index is 2.05. The van der Waals surface area contributed by atoms with Crippen LogP contribution in [0.15, 0.2) is 54.6 Å². The lowest BCUT2D eigenvalue weighted by atomic mass is 9.82. The maximum absolute atomic E-state index is 13.2. The molecule has 156 valence electrons. The van der Waals surface area contributed by atoms with Gasteiger partial charge in [-0.15, -0.1) is 0 Å². The smallest absolute Gasteiger partial charge is 0.266 e. The van der Waals surface area contributed by atoms with E-state index in [1.807, 2.05) is 54.6 Å². The molecule has 0 aliphatic rings. The van der Waals surface area contributed by atoms with Gasteiger partial charge in [-0.3, -0.25) is 15.3 Å². The molecule has 2 atom stereocenters. The van der Waals surface area contributed by atoms with Crippen molar-refractivity contribution in [3.05, 3.63) is 60.2 Å². The van der Waals surface area contributed by atoms with Crippen molar-refractivity contribution < 1.29 is 24.2 Å². The molecule has 0 aliphatic carbocycles. The van der Waals surface area contributed by atoms with Crippen LogP contribution in [0.25, 0.3) is 17.2 Å². The van der Waals surface area contributed by atoms with Crippen LogP contribution in [-0.2, 0) is 4.79 Å². The van der Waals surface area contributed by atoms with Gasteiger partial charge in [-0.05, 0) is 42.7 Å². The monoisotopic (exact) mass is 402 g/mol. The van der Waals surface area contributed by atoms with Crippen molar-refractivity contribution in [2.75, 3.05) is 20.3 Å². The molecule has 29 heavy (non-hydrogen) atoms. The van der Waals surface area contributed by atoms with Gasteiger partial charge < -0.3 is 9.84 Å². The predicted octanol–water partition coefficient (Wildman–Crippen LogP) is 2.95. The molecular formula is C22H27FN2O4. The average molecular weight is 402 g/mol. The molecule has 0 spiro atoms. The lowest BCUT2D eigenvalue weighted by molar-refractivity contribution is -0.148. The second-order valence-electron chi connectivity index (χ2n) is 7.11. The fourth-order valence-corrected chi connectivity index (χ4v) is 2.81. The maximum atomic E-state index is 13.2. The maximum Gasteiger partial charge on any atom is 0.266 e. The third-order valence-electron chi connectivity index (χ3n) is 5.09. The normalized spacial score (nSPS) is 15.5.